The Balaban J connectivity index is 0.000000415. The van der Waals surface area contributed by atoms with Gasteiger partial charge in [-0.1, -0.05) is 0 Å². The molecule has 3 aromatic rings. The van der Waals surface area contributed by atoms with Crippen LogP contribution in [-0.2, 0) is 4.74 Å². The highest BCUT2D eigenvalue weighted by Crippen LogP contribution is 2.32. The van der Waals surface area contributed by atoms with Crippen molar-refractivity contribution < 1.29 is 4.74 Å². The first-order valence-electron chi connectivity index (χ1n) is 8.20. The molecular formula is C18H22N6O. The average Bonchev–Trinajstić information content (AvgIpc) is 2.99. The second kappa shape index (κ2) is 7.47. The number of ether oxygens (including phenoxy) is 1. The van der Waals surface area contributed by atoms with Crippen molar-refractivity contribution in [2.75, 3.05) is 52.3 Å². The lowest BCUT2D eigenvalue weighted by Crippen LogP contribution is -2.36. The van der Waals surface area contributed by atoms with E-state index in [2.05, 4.69) is 25.9 Å². The van der Waals surface area contributed by atoms with Crippen molar-refractivity contribution in [1.29, 1.82) is 5.26 Å². The third-order valence-electron chi connectivity index (χ3n) is 3.82. The van der Waals surface area contributed by atoms with Crippen LogP contribution < -0.4 is 4.90 Å². The summed E-state index contributed by atoms with van der Waals surface area (Å²) in [6.07, 6.45) is 3.50. The Kier molecular flexibility index (Phi) is 5.12. The fourth-order valence-electron chi connectivity index (χ4n) is 2.83. The van der Waals surface area contributed by atoms with Crippen molar-refractivity contribution in [3.8, 4) is 6.07 Å². The van der Waals surface area contributed by atoms with Crippen molar-refractivity contribution in [3.05, 3.63) is 30.2 Å². The van der Waals surface area contributed by atoms with Gasteiger partial charge in [0.15, 0.2) is 0 Å². The quantitative estimate of drug-likeness (QED) is 0.731. The van der Waals surface area contributed by atoms with Crippen LogP contribution in [0.4, 0.5) is 5.69 Å². The largest absolute Gasteiger partial charge is 0.378 e. The molecule has 0 saturated carbocycles. The van der Waals surface area contributed by atoms with E-state index in [1.54, 1.807) is 12.4 Å². The molecule has 0 aromatic carbocycles. The van der Waals surface area contributed by atoms with Gasteiger partial charge in [0.2, 0.25) is 0 Å². The number of H-pyrrole nitrogens is 1. The van der Waals surface area contributed by atoms with Crippen molar-refractivity contribution in [2.24, 2.45) is 0 Å². The van der Waals surface area contributed by atoms with Gasteiger partial charge in [0.25, 0.3) is 0 Å². The highest BCUT2D eigenvalue weighted by molar-refractivity contribution is 6.12. The fourth-order valence-corrected chi connectivity index (χ4v) is 2.83. The van der Waals surface area contributed by atoms with Crippen LogP contribution >= 0.6 is 0 Å². The molecular weight excluding hydrogens is 316 g/mol. The van der Waals surface area contributed by atoms with Crippen LogP contribution in [-0.4, -0.2) is 67.3 Å². The molecule has 4 rings (SSSR count). The highest BCUT2D eigenvalue weighted by Gasteiger charge is 2.17. The van der Waals surface area contributed by atoms with E-state index in [-0.39, 0.29) is 0 Å². The van der Waals surface area contributed by atoms with E-state index >= 15 is 0 Å². The minimum atomic E-state index is 0.417. The maximum Gasteiger partial charge on any atom is 0.141 e. The number of anilines is 1. The van der Waals surface area contributed by atoms with Gasteiger partial charge in [-0.3, -0.25) is 0 Å². The van der Waals surface area contributed by atoms with E-state index in [0.29, 0.717) is 5.69 Å². The number of nitriles is 1. The molecule has 0 bridgehead atoms. The summed E-state index contributed by atoms with van der Waals surface area (Å²) in [4.78, 5) is 16.1. The van der Waals surface area contributed by atoms with Gasteiger partial charge in [0.1, 0.15) is 17.4 Å². The molecule has 0 amide bonds. The van der Waals surface area contributed by atoms with Crippen LogP contribution in [0.5, 0.6) is 0 Å². The number of nitrogens with zero attached hydrogens (tertiary/aromatic N) is 5. The SMILES string of the molecule is CN(C)C.N#Cc1cc2c(cn1)[nH]c1nccc(N3CCOCC3)c12. The summed E-state index contributed by atoms with van der Waals surface area (Å²) in [5.74, 6) is 0. The number of pyridine rings is 2. The van der Waals surface area contributed by atoms with Crippen molar-refractivity contribution in [3.63, 3.8) is 0 Å². The summed E-state index contributed by atoms with van der Waals surface area (Å²) in [6.45, 7) is 3.19. The van der Waals surface area contributed by atoms with Crippen molar-refractivity contribution >= 4 is 27.6 Å². The van der Waals surface area contributed by atoms with E-state index in [9.17, 15) is 0 Å². The van der Waals surface area contributed by atoms with Gasteiger partial charge in [0.05, 0.1) is 36.0 Å². The standard InChI is InChI=1S/C15H13N5O.C3H9N/c16-8-10-7-11-12(9-18-10)19-15-14(11)13(1-2-17-15)20-3-5-21-6-4-20;1-4(2)3/h1-2,7,9H,3-6H2,(H,17,19);1-3H3. The molecule has 7 nitrogen and oxygen atoms in total. The first-order chi connectivity index (χ1) is 12.1. The molecule has 0 atom stereocenters. The maximum absolute atomic E-state index is 9.06. The van der Waals surface area contributed by atoms with Gasteiger partial charge < -0.3 is 19.5 Å². The summed E-state index contributed by atoms with van der Waals surface area (Å²) < 4.78 is 5.42. The first-order valence-corrected chi connectivity index (χ1v) is 8.20. The number of nitrogens with one attached hydrogen (secondary N) is 1. The lowest BCUT2D eigenvalue weighted by molar-refractivity contribution is 0.123. The van der Waals surface area contributed by atoms with E-state index in [4.69, 9.17) is 10.00 Å². The zero-order valence-corrected chi connectivity index (χ0v) is 14.8. The third kappa shape index (κ3) is 3.71. The van der Waals surface area contributed by atoms with Crippen molar-refractivity contribution in [2.45, 2.75) is 0 Å². The van der Waals surface area contributed by atoms with E-state index in [1.165, 1.54) is 0 Å². The number of rotatable bonds is 1. The fraction of sp³-hybridized carbons (Fsp3) is 0.389. The molecule has 1 N–H and O–H groups in total. The topological polar surface area (TPSA) is 81.1 Å². The third-order valence-corrected chi connectivity index (χ3v) is 3.82. The Morgan fingerprint density at radius 2 is 1.96 bits per heavy atom. The number of hydrogen-bond acceptors (Lipinski definition) is 6. The molecule has 0 spiro atoms. The first kappa shape index (κ1) is 17.1. The van der Waals surface area contributed by atoms with Crippen LogP contribution in [0.1, 0.15) is 5.69 Å². The minimum absolute atomic E-state index is 0.417. The van der Waals surface area contributed by atoms with Gasteiger partial charge in [-0.25, -0.2) is 9.97 Å². The molecule has 25 heavy (non-hydrogen) atoms. The van der Waals surface area contributed by atoms with Crippen LogP contribution in [0, 0.1) is 11.3 Å². The molecule has 7 heteroatoms. The van der Waals surface area contributed by atoms with Crippen LogP contribution in [0.25, 0.3) is 21.9 Å². The number of fused-ring (bicyclic) bond motifs is 3. The van der Waals surface area contributed by atoms with E-state index < -0.39 is 0 Å². The zero-order valence-electron chi connectivity index (χ0n) is 14.8. The van der Waals surface area contributed by atoms with Gasteiger partial charge in [-0.05, 0) is 33.3 Å². The minimum Gasteiger partial charge on any atom is -0.378 e. The number of aromatic amines is 1. The second-order valence-corrected chi connectivity index (χ2v) is 6.35. The summed E-state index contributed by atoms with van der Waals surface area (Å²) in [5, 5.41) is 11.1. The Labute approximate surface area is 146 Å². The molecule has 130 valence electrons. The van der Waals surface area contributed by atoms with E-state index in [0.717, 1.165) is 53.9 Å². The molecule has 0 radical (unpaired) electrons. The molecule has 1 fully saturated rings. The normalized spacial score (nSPS) is 14.4. The second-order valence-electron chi connectivity index (χ2n) is 6.35. The zero-order chi connectivity index (χ0) is 17.8. The lowest BCUT2D eigenvalue weighted by Gasteiger charge is -2.29. The molecule has 0 aliphatic carbocycles. The molecule has 0 unspecified atom stereocenters. The van der Waals surface area contributed by atoms with Gasteiger partial charge in [0, 0.05) is 24.7 Å². The number of morpholine rings is 1. The summed E-state index contributed by atoms with van der Waals surface area (Å²) >= 11 is 0. The predicted octanol–water partition coefficient (Wildman–Crippen LogP) is 2.00. The van der Waals surface area contributed by atoms with Gasteiger partial charge in [-0.15, -0.1) is 0 Å². The summed E-state index contributed by atoms with van der Waals surface area (Å²) in [5.41, 5.74) is 3.27. The van der Waals surface area contributed by atoms with Crippen LogP contribution in [0.15, 0.2) is 24.5 Å². The summed E-state index contributed by atoms with van der Waals surface area (Å²) in [6, 6.07) is 5.93. The molecule has 1 saturated heterocycles. The molecule has 1 aliphatic heterocycles. The Hall–Kier alpha value is -2.69. The van der Waals surface area contributed by atoms with Gasteiger partial charge >= 0.3 is 0 Å². The van der Waals surface area contributed by atoms with Crippen LogP contribution in [0.2, 0.25) is 0 Å². The lowest BCUT2D eigenvalue weighted by atomic mass is 10.1. The highest BCUT2D eigenvalue weighted by atomic mass is 16.5. The predicted molar refractivity (Wildman–Crippen MR) is 98.8 cm³/mol. The van der Waals surface area contributed by atoms with Gasteiger partial charge in [-0.2, -0.15) is 5.26 Å². The Morgan fingerprint density at radius 3 is 2.64 bits per heavy atom. The van der Waals surface area contributed by atoms with Crippen molar-refractivity contribution in [1.82, 2.24) is 19.9 Å². The molecule has 4 heterocycles. The Bertz CT molecular complexity index is 902. The monoisotopic (exact) mass is 338 g/mol. The number of hydrogen-bond donors (Lipinski definition) is 1. The molecule has 1 aliphatic rings. The smallest absolute Gasteiger partial charge is 0.141 e. The average molecular weight is 338 g/mol. The Morgan fingerprint density at radius 1 is 1.24 bits per heavy atom. The maximum atomic E-state index is 9.06. The summed E-state index contributed by atoms with van der Waals surface area (Å²) in [7, 11) is 6.00. The molecule has 3 aromatic heterocycles. The van der Waals surface area contributed by atoms with Crippen LogP contribution in [0.3, 0.4) is 0 Å². The van der Waals surface area contributed by atoms with E-state index in [1.807, 2.05) is 38.2 Å². The number of aromatic nitrogens is 3.